The van der Waals surface area contributed by atoms with Crippen molar-refractivity contribution in [2.45, 2.75) is 6.61 Å². The molecule has 0 bridgehead atoms. The maximum Gasteiger partial charge on any atom is 2.00 e. The van der Waals surface area contributed by atoms with E-state index in [-0.39, 0.29) is 27.7 Å². The Kier molecular flexibility index (Phi) is 10.7. The van der Waals surface area contributed by atoms with Gasteiger partial charge in [0.05, 0.1) is 32.9 Å². The molecule has 2 heterocycles. The van der Waals surface area contributed by atoms with Gasteiger partial charge in [0.2, 0.25) is 0 Å². The maximum absolute atomic E-state index is 9.07. The Morgan fingerprint density at radius 2 is 1.62 bits per heavy atom. The second-order valence-corrected chi connectivity index (χ2v) is 7.07. The smallest absolute Gasteiger partial charge is 0.497 e. The predicted molar refractivity (Wildman–Crippen MR) is 131 cm³/mol. The van der Waals surface area contributed by atoms with Gasteiger partial charge >= 0.3 is 21.1 Å². The van der Waals surface area contributed by atoms with Crippen LogP contribution in [0.15, 0.2) is 60.9 Å². The standard InChI is InChI=1S/2C14H8N3O.Pt/c1-16-12-6-10(9-15)5-11(7-12)14-8-13(18-2)3-4-17-14;1-16-13-5-11(8-15)4-12(7-13)14-6-10(9-18)2-3-17-14;/h3-6,8H,2H3;2-3,5-7,18H,9H2;/q2*-1;+2. The molecule has 4 aromatic rings. The van der Waals surface area contributed by atoms with Gasteiger partial charge in [0.15, 0.2) is 0 Å². The minimum atomic E-state index is -0.0802. The van der Waals surface area contributed by atoms with E-state index in [1.807, 2.05) is 12.1 Å². The summed E-state index contributed by atoms with van der Waals surface area (Å²) in [7, 11) is 1.57. The van der Waals surface area contributed by atoms with Crippen molar-refractivity contribution in [2.75, 3.05) is 7.11 Å². The molecule has 0 aliphatic rings. The van der Waals surface area contributed by atoms with Crippen molar-refractivity contribution >= 4 is 11.4 Å². The van der Waals surface area contributed by atoms with E-state index < -0.39 is 0 Å². The van der Waals surface area contributed by atoms with E-state index in [1.165, 1.54) is 12.1 Å². The molecule has 0 radical (unpaired) electrons. The first-order valence-electron chi connectivity index (χ1n) is 10.3. The topological polar surface area (TPSA) is 112 Å². The van der Waals surface area contributed by atoms with E-state index in [0.717, 1.165) is 5.56 Å². The molecule has 0 amide bonds. The van der Waals surface area contributed by atoms with Crippen LogP contribution in [0, 0.1) is 47.9 Å². The molecule has 0 aliphatic carbocycles. The number of aliphatic hydroxyl groups excluding tert-OH is 1. The first-order valence-corrected chi connectivity index (χ1v) is 10.3. The van der Waals surface area contributed by atoms with Crippen molar-refractivity contribution in [3.8, 4) is 40.4 Å². The van der Waals surface area contributed by atoms with Gasteiger partial charge in [-0.05, 0) is 41.1 Å². The van der Waals surface area contributed by atoms with Gasteiger partial charge in [-0.15, -0.1) is 47.5 Å². The van der Waals surface area contributed by atoms with Gasteiger partial charge in [-0.1, -0.05) is 11.6 Å². The summed E-state index contributed by atoms with van der Waals surface area (Å²) in [6.45, 7) is 13.9. The molecule has 0 atom stereocenters. The SMILES string of the molecule is [C-]#[N+]c1[c-]c(-c2cc(OC)ccn2)cc(C#N)c1.[C-]#[N+]c1cc(C#N)[c-]c(-c2cc(CO)ccn2)c1.[Pt+2]. The number of aliphatic hydroxyl groups is 1. The zero-order valence-corrected chi connectivity index (χ0v) is 21.6. The van der Waals surface area contributed by atoms with Crippen LogP contribution < -0.4 is 4.74 Å². The Morgan fingerprint density at radius 3 is 2.24 bits per heavy atom. The van der Waals surface area contributed by atoms with Crippen LogP contribution in [0.5, 0.6) is 5.75 Å². The number of rotatable bonds is 4. The normalized spacial score (nSPS) is 9.14. The third-order valence-corrected chi connectivity index (χ3v) is 4.73. The monoisotopic (exact) mass is 663 g/mol. The van der Waals surface area contributed by atoms with Crippen molar-refractivity contribution < 1.29 is 30.9 Å². The van der Waals surface area contributed by atoms with Crippen molar-refractivity contribution in [2.24, 2.45) is 0 Å². The van der Waals surface area contributed by atoms with Crippen LogP contribution in [0.25, 0.3) is 32.2 Å². The van der Waals surface area contributed by atoms with Crippen molar-refractivity contribution in [3.05, 3.63) is 113 Å². The fraction of sp³-hybridized carbons (Fsp3) is 0.0714. The van der Waals surface area contributed by atoms with E-state index in [0.29, 0.717) is 50.8 Å². The van der Waals surface area contributed by atoms with Crippen molar-refractivity contribution in [1.29, 1.82) is 10.5 Å². The van der Waals surface area contributed by atoms with Crippen LogP contribution in [0.4, 0.5) is 11.4 Å². The Labute approximate surface area is 229 Å². The molecule has 1 N–H and O–H groups in total. The number of methoxy groups -OCH3 is 1. The first kappa shape index (κ1) is 28.4. The Balaban J connectivity index is 0.000000253. The molecule has 0 saturated carbocycles. The van der Waals surface area contributed by atoms with Crippen LogP contribution in [0.2, 0.25) is 0 Å². The molecule has 4 rings (SSSR count). The number of ether oxygens (including phenoxy) is 1. The molecule has 37 heavy (non-hydrogen) atoms. The van der Waals surface area contributed by atoms with Gasteiger partial charge in [-0.3, -0.25) is 14.7 Å². The molecular formula is C28H16N6O2Pt. The minimum absolute atomic E-state index is 0. The zero-order chi connectivity index (χ0) is 25.9. The Hall–Kier alpha value is -4.85. The zero-order valence-electron chi connectivity index (χ0n) is 19.3. The molecule has 0 unspecified atom stereocenters. The second kappa shape index (κ2) is 13.9. The van der Waals surface area contributed by atoms with Gasteiger partial charge in [0, 0.05) is 18.1 Å². The first-order chi connectivity index (χ1) is 17.5. The number of nitriles is 2. The number of hydrogen-bond acceptors (Lipinski definition) is 6. The number of pyridine rings is 2. The van der Waals surface area contributed by atoms with Crippen LogP contribution in [-0.2, 0) is 27.7 Å². The van der Waals surface area contributed by atoms with E-state index in [9.17, 15) is 0 Å². The number of benzene rings is 2. The fourth-order valence-corrected chi connectivity index (χ4v) is 3.04. The molecule has 9 heteroatoms. The average molecular weight is 664 g/mol. The number of nitrogens with zero attached hydrogens (tertiary/aromatic N) is 6. The van der Waals surface area contributed by atoms with Gasteiger partial charge in [-0.25, -0.2) is 5.26 Å². The maximum atomic E-state index is 9.07. The Morgan fingerprint density at radius 1 is 0.919 bits per heavy atom. The fourth-order valence-electron chi connectivity index (χ4n) is 3.04. The Bertz CT molecular complexity index is 1390. The molecule has 8 nitrogen and oxygen atoms in total. The molecule has 0 fully saturated rings. The molecule has 2 aromatic carbocycles. The predicted octanol–water partition coefficient (Wildman–Crippen LogP) is 5.44. The molecular weight excluding hydrogens is 647 g/mol. The van der Waals surface area contributed by atoms with E-state index >= 15 is 0 Å². The molecule has 0 aliphatic heterocycles. The van der Waals surface area contributed by atoms with Gasteiger partial charge in [0.1, 0.15) is 17.1 Å². The van der Waals surface area contributed by atoms with Crippen LogP contribution >= 0.6 is 0 Å². The van der Waals surface area contributed by atoms with Crippen LogP contribution in [0.1, 0.15) is 16.7 Å². The van der Waals surface area contributed by atoms with Crippen molar-refractivity contribution in [1.82, 2.24) is 9.97 Å². The second-order valence-electron chi connectivity index (χ2n) is 7.07. The van der Waals surface area contributed by atoms with Crippen LogP contribution in [-0.4, -0.2) is 22.2 Å². The largest absolute Gasteiger partial charge is 2.00 e. The summed E-state index contributed by atoms with van der Waals surface area (Å²) >= 11 is 0. The van der Waals surface area contributed by atoms with Gasteiger partial charge in [0.25, 0.3) is 0 Å². The molecule has 0 saturated heterocycles. The third kappa shape index (κ3) is 7.56. The summed E-state index contributed by atoms with van der Waals surface area (Å²) < 4.78 is 5.11. The molecule has 180 valence electrons. The summed E-state index contributed by atoms with van der Waals surface area (Å²) in [6, 6.07) is 22.9. The summed E-state index contributed by atoms with van der Waals surface area (Å²) in [5.74, 6) is 0.667. The van der Waals surface area contributed by atoms with Gasteiger partial charge < -0.3 is 14.8 Å². The minimum Gasteiger partial charge on any atom is -0.497 e. The quantitative estimate of drug-likeness (QED) is 0.291. The van der Waals surface area contributed by atoms with Crippen molar-refractivity contribution in [3.63, 3.8) is 0 Å². The third-order valence-electron chi connectivity index (χ3n) is 4.73. The summed E-state index contributed by atoms with van der Waals surface area (Å²) in [6.07, 6.45) is 3.18. The van der Waals surface area contributed by atoms with E-state index in [4.69, 9.17) is 33.5 Å². The molecule has 2 aromatic heterocycles. The van der Waals surface area contributed by atoms with Gasteiger partial charge in [-0.2, -0.15) is 5.26 Å². The number of hydrogen-bond donors (Lipinski definition) is 1. The summed E-state index contributed by atoms with van der Waals surface area (Å²) in [4.78, 5) is 14.9. The molecule has 0 spiro atoms. The average Bonchev–Trinajstić information content (AvgIpc) is 2.96. The number of aromatic nitrogens is 2. The van der Waals surface area contributed by atoms with Crippen LogP contribution in [0.3, 0.4) is 0 Å². The van der Waals surface area contributed by atoms with E-state index in [2.05, 4.69) is 31.8 Å². The summed E-state index contributed by atoms with van der Waals surface area (Å²) in [5, 5.41) is 26.9. The van der Waals surface area contributed by atoms with E-state index in [1.54, 1.807) is 55.9 Å². The summed E-state index contributed by atoms with van der Waals surface area (Å²) in [5.41, 5.74) is 4.51.